The Kier molecular flexibility index (Phi) is 5.04. The molecular formula is C16H17N5O. The van der Waals surface area contributed by atoms with Gasteiger partial charge in [-0.05, 0) is 30.2 Å². The molecule has 0 saturated carbocycles. The van der Waals surface area contributed by atoms with Crippen LogP contribution in [0.4, 0.5) is 11.5 Å². The highest BCUT2D eigenvalue weighted by Crippen LogP contribution is 2.15. The second kappa shape index (κ2) is 7.18. The molecule has 0 saturated heterocycles. The van der Waals surface area contributed by atoms with Gasteiger partial charge >= 0.3 is 0 Å². The second-order valence-corrected chi connectivity index (χ2v) is 5.21. The van der Waals surface area contributed by atoms with Gasteiger partial charge in [-0.15, -0.1) is 0 Å². The van der Waals surface area contributed by atoms with Gasteiger partial charge in [0.1, 0.15) is 17.8 Å². The van der Waals surface area contributed by atoms with Crippen molar-refractivity contribution in [2.24, 2.45) is 5.92 Å². The van der Waals surface area contributed by atoms with Crippen LogP contribution in [-0.4, -0.2) is 22.4 Å². The molecule has 0 unspecified atom stereocenters. The highest BCUT2D eigenvalue weighted by molar-refractivity contribution is 5.92. The van der Waals surface area contributed by atoms with Crippen molar-refractivity contribution >= 4 is 17.4 Å². The Bertz CT molecular complexity index is 688. The zero-order chi connectivity index (χ0) is 15.9. The van der Waals surface area contributed by atoms with E-state index in [1.807, 2.05) is 13.8 Å². The zero-order valence-electron chi connectivity index (χ0n) is 12.5. The summed E-state index contributed by atoms with van der Waals surface area (Å²) < 4.78 is 0. The summed E-state index contributed by atoms with van der Waals surface area (Å²) in [6.45, 7) is 4.65. The summed E-state index contributed by atoms with van der Waals surface area (Å²) in [5.41, 5.74) is 1.68. The third-order valence-electron chi connectivity index (χ3n) is 2.86. The third kappa shape index (κ3) is 4.28. The molecule has 112 valence electrons. The fraction of sp³-hybridized carbons (Fsp3) is 0.250. The van der Waals surface area contributed by atoms with Gasteiger partial charge < -0.3 is 10.6 Å². The van der Waals surface area contributed by atoms with Gasteiger partial charge in [0.2, 0.25) is 0 Å². The van der Waals surface area contributed by atoms with Crippen molar-refractivity contribution in [3.05, 3.63) is 47.9 Å². The minimum absolute atomic E-state index is 0.223. The Hall–Kier alpha value is -2.94. The first kappa shape index (κ1) is 15.4. The van der Waals surface area contributed by atoms with Crippen LogP contribution in [0.3, 0.4) is 0 Å². The lowest BCUT2D eigenvalue weighted by Gasteiger charge is -2.09. The number of hydrogen-bond acceptors (Lipinski definition) is 5. The first-order valence-corrected chi connectivity index (χ1v) is 6.96. The highest BCUT2D eigenvalue weighted by atomic mass is 16.1. The molecule has 6 heteroatoms. The molecule has 1 amide bonds. The lowest BCUT2D eigenvalue weighted by atomic mass is 10.2. The largest absolute Gasteiger partial charge is 0.350 e. The van der Waals surface area contributed by atoms with E-state index >= 15 is 0 Å². The van der Waals surface area contributed by atoms with Crippen molar-refractivity contribution in [1.82, 2.24) is 15.3 Å². The predicted molar refractivity (Wildman–Crippen MR) is 83.6 cm³/mol. The van der Waals surface area contributed by atoms with Gasteiger partial charge in [0.15, 0.2) is 0 Å². The van der Waals surface area contributed by atoms with E-state index in [0.717, 1.165) is 5.69 Å². The van der Waals surface area contributed by atoms with E-state index in [-0.39, 0.29) is 5.91 Å². The van der Waals surface area contributed by atoms with Crippen molar-refractivity contribution in [2.75, 3.05) is 11.9 Å². The molecule has 2 aromatic rings. The molecule has 0 aliphatic heterocycles. The van der Waals surface area contributed by atoms with Crippen LogP contribution >= 0.6 is 0 Å². The summed E-state index contributed by atoms with van der Waals surface area (Å²) in [5, 5.41) is 14.7. The molecule has 1 heterocycles. The Labute approximate surface area is 129 Å². The molecule has 0 atom stereocenters. The number of nitrogens with one attached hydrogen (secondary N) is 2. The van der Waals surface area contributed by atoms with Crippen LogP contribution in [0, 0.1) is 17.2 Å². The number of benzene rings is 1. The van der Waals surface area contributed by atoms with E-state index in [1.165, 1.54) is 6.33 Å². The summed E-state index contributed by atoms with van der Waals surface area (Å²) >= 11 is 0. The molecule has 2 N–H and O–H groups in total. The van der Waals surface area contributed by atoms with Crippen LogP contribution < -0.4 is 10.6 Å². The van der Waals surface area contributed by atoms with Crippen molar-refractivity contribution in [3.8, 4) is 6.07 Å². The molecule has 22 heavy (non-hydrogen) atoms. The van der Waals surface area contributed by atoms with Crippen molar-refractivity contribution in [2.45, 2.75) is 13.8 Å². The first-order chi connectivity index (χ1) is 10.6. The number of carbonyl (C=O) groups is 1. The van der Waals surface area contributed by atoms with Gasteiger partial charge in [0.25, 0.3) is 5.91 Å². The number of aromatic nitrogens is 2. The topological polar surface area (TPSA) is 90.7 Å². The standard InChI is InChI=1S/C16H17N5O/c1-11(2)9-18-16(22)14-7-15(20-10-19-14)21-13-5-3-12(8-17)4-6-13/h3-7,10-11H,9H2,1-2H3,(H,18,22)(H,19,20,21). The van der Waals surface area contributed by atoms with Crippen molar-refractivity contribution in [3.63, 3.8) is 0 Å². The first-order valence-electron chi connectivity index (χ1n) is 6.96. The van der Waals surface area contributed by atoms with E-state index in [1.54, 1.807) is 30.3 Å². The van der Waals surface area contributed by atoms with E-state index in [2.05, 4.69) is 26.7 Å². The van der Waals surface area contributed by atoms with E-state index in [0.29, 0.717) is 29.5 Å². The number of nitrogens with zero attached hydrogens (tertiary/aromatic N) is 3. The number of hydrogen-bond donors (Lipinski definition) is 2. The summed E-state index contributed by atoms with van der Waals surface area (Å²) in [5.74, 6) is 0.676. The minimum atomic E-state index is -0.223. The summed E-state index contributed by atoms with van der Waals surface area (Å²) in [6.07, 6.45) is 1.34. The van der Waals surface area contributed by atoms with Gasteiger partial charge in [-0.2, -0.15) is 5.26 Å². The monoisotopic (exact) mass is 295 g/mol. The van der Waals surface area contributed by atoms with Gasteiger partial charge in [0.05, 0.1) is 11.6 Å². The SMILES string of the molecule is CC(C)CNC(=O)c1cc(Nc2ccc(C#N)cc2)ncn1. The molecule has 0 aliphatic carbocycles. The second-order valence-electron chi connectivity index (χ2n) is 5.21. The van der Waals surface area contributed by atoms with E-state index < -0.39 is 0 Å². The van der Waals surface area contributed by atoms with Gasteiger partial charge in [0, 0.05) is 18.3 Å². The number of anilines is 2. The lowest BCUT2D eigenvalue weighted by molar-refractivity contribution is 0.0944. The molecule has 0 radical (unpaired) electrons. The Balaban J connectivity index is 2.07. The maximum atomic E-state index is 12.0. The van der Waals surface area contributed by atoms with Gasteiger partial charge in [-0.25, -0.2) is 9.97 Å². The summed E-state index contributed by atoms with van der Waals surface area (Å²) in [6, 6.07) is 10.6. The predicted octanol–water partition coefficient (Wildman–Crippen LogP) is 2.48. The average molecular weight is 295 g/mol. The number of rotatable bonds is 5. The number of amides is 1. The normalized spacial score (nSPS) is 10.1. The maximum absolute atomic E-state index is 12.0. The van der Waals surface area contributed by atoms with Crippen LogP contribution in [0.2, 0.25) is 0 Å². The minimum Gasteiger partial charge on any atom is -0.350 e. The van der Waals surface area contributed by atoms with Crippen LogP contribution in [0.5, 0.6) is 0 Å². The molecule has 0 bridgehead atoms. The van der Waals surface area contributed by atoms with Crippen LogP contribution in [0.15, 0.2) is 36.7 Å². The molecule has 0 aliphatic rings. The molecule has 0 fully saturated rings. The zero-order valence-corrected chi connectivity index (χ0v) is 12.5. The molecular weight excluding hydrogens is 278 g/mol. The molecule has 2 rings (SSSR count). The molecule has 1 aromatic heterocycles. The van der Waals surface area contributed by atoms with Gasteiger partial charge in [-0.3, -0.25) is 4.79 Å². The Morgan fingerprint density at radius 1 is 1.27 bits per heavy atom. The maximum Gasteiger partial charge on any atom is 0.270 e. The lowest BCUT2D eigenvalue weighted by Crippen LogP contribution is -2.28. The van der Waals surface area contributed by atoms with Crippen LogP contribution in [-0.2, 0) is 0 Å². The van der Waals surface area contributed by atoms with Crippen LogP contribution in [0.25, 0.3) is 0 Å². The number of nitriles is 1. The molecule has 0 spiro atoms. The van der Waals surface area contributed by atoms with E-state index in [9.17, 15) is 4.79 Å². The Morgan fingerprint density at radius 2 is 2.00 bits per heavy atom. The molecule has 6 nitrogen and oxygen atoms in total. The van der Waals surface area contributed by atoms with Crippen molar-refractivity contribution < 1.29 is 4.79 Å². The van der Waals surface area contributed by atoms with Gasteiger partial charge in [-0.1, -0.05) is 13.8 Å². The fourth-order valence-corrected chi connectivity index (χ4v) is 1.71. The van der Waals surface area contributed by atoms with Crippen LogP contribution in [0.1, 0.15) is 29.9 Å². The van der Waals surface area contributed by atoms with E-state index in [4.69, 9.17) is 5.26 Å². The Morgan fingerprint density at radius 3 is 2.64 bits per heavy atom. The quantitative estimate of drug-likeness (QED) is 0.884. The third-order valence-corrected chi connectivity index (χ3v) is 2.86. The summed E-state index contributed by atoms with van der Waals surface area (Å²) in [4.78, 5) is 20.0. The fourth-order valence-electron chi connectivity index (χ4n) is 1.71. The summed E-state index contributed by atoms with van der Waals surface area (Å²) in [7, 11) is 0. The highest BCUT2D eigenvalue weighted by Gasteiger charge is 2.09. The van der Waals surface area contributed by atoms with Crippen molar-refractivity contribution in [1.29, 1.82) is 5.26 Å². The average Bonchev–Trinajstić information content (AvgIpc) is 2.53. The number of carbonyl (C=O) groups excluding carboxylic acids is 1. The molecule has 1 aromatic carbocycles. The smallest absolute Gasteiger partial charge is 0.270 e.